The van der Waals surface area contributed by atoms with Crippen molar-refractivity contribution in [2.24, 2.45) is 0 Å². The number of nitrogens with zero attached hydrogens (tertiary/aromatic N) is 1. The first-order valence-corrected chi connectivity index (χ1v) is 13.9. The van der Waals surface area contributed by atoms with Gasteiger partial charge in [0, 0.05) is 16.6 Å². The fourth-order valence-electron chi connectivity index (χ4n) is 5.91. The lowest BCUT2D eigenvalue weighted by molar-refractivity contribution is -0.138. The Morgan fingerprint density at radius 2 is 1.65 bits per heavy atom. The Kier molecular flexibility index (Phi) is 8.79. The summed E-state index contributed by atoms with van der Waals surface area (Å²) in [6, 6.07) is 22.4. The molecule has 0 saturated heterocycles. The Labute approximate surface area is 238 Å². The zero-order valence-electron chi connectivity index (χ0n) is 22.0. The normalized spacial score (nSPS) is 22.4. The number of rotatable bonds is 8. The van der Waals surface area contributed by atoms with Crippen molar-refractivity contribution in [2.75, 3.05) is 6.61 Å². The Bertz CT molecular complexity index is 1350. The van der Waals surface area contributed by atoms with E-state index in [0.29, 0.717) is 29.0 Å². The molecule has 9 heteroatoms. The summed E-state index contributed by atoms with van der Waals surface area (Å²) in [4.78, 5) is 47.8. The number of carbonyl (C=O) groups is 3. The molecule has 1 aliphatic heterocycles. The molecule has 0 bridgehead atoms. The molecular weight excluding hydrogens is 530 g/mol. The van der Waals surface area contributed by atoms with E-state index in [2.05, 4.69) is 10.8 Å². The van der Waals surface area contributed by atoms with E-state index >= 15 is 0 Å². The maximum absolute atomic E-state index is 14.2. The summed E-state index contributed by atoms with van der Waals surface area (Å²) in [5.41, 5.74) is 5.33. The molecule has 40 heavy (non-hydrogen) atoms. The lowest BCUT2D eigenvalue weighted by Gasteiger charge is -2.49. The van der Waals surface area contributed by atoms with Crippen LogP contribution in [0.3, 0.4) is 0 Å². The maximum Gasteiger partial charge on any atom is 0.255 e. The van der Waals surface area contributed by atoms with Crippen LogP contribution in [0.5, 0.6) is 0 Å². The lowest BCUT2D eigenvalue weighted by Crippen LogP contribution is -2.59. The molecule has 2 aliphatic rings. The SMILES string of the molecule is O=C(CO)N[C@H]1CCCC[C@@H]1N1C(=O)c2ccccc2[C@@H](C(=O)NOCc2ccccc2)[C@@H]1c1ccc(Cl)cc1. The molecule has 0 unspecified atom stereocenters. The molecule has 3 aromatic carbocycles. The van der Waals surface area contributed by atoms with Crippen LogP contribution < -0.4 is 10.8 Å². The quantitative estimate of drug-likeness (QED) is 0.356. The van der Waals surface area contributed by atoms with Gasteiger partial charge >= 0.3 is 0 Å². The van der Waals surface area contributed by atoms with Gasteiger partial charge in [-0.15, -0.1) is 0 Å². The molecule has 4 atom stereocenters. The molecule has 1 fully saturated rings. The molecule has 8 nitrogen and oxygen atoms in total. The summed E-state index contributed by atoms with van der Waals surface area (Å²) >= 11 is 6.22. The number of benzene rings is 3. The Morgan fingerprint density at radius 3 is 2.40 bits per heavy atom. The third kappa shape index (κ3) is 5.89. The van der Waals surface area contributed by atoms with Crippen molar-refractivity contribution >= 4 is 29.3 Å². The summed E-state index contributed by atoms with van der Waals surface area (Å²) in [6.45, 7) is -0.447. The second kappa shape index (κ2) is 12.6. The Morgan fingerprint density at radius 1 is 0.950 bits per heavy atom. The molecule has 0 radical (unpaired) electrons. The van der Waals surface area contributed by atoms with E-state index in [1.165, 1.54) is 0 Å². The number of carbonyl (C=O) groups excluding carboxylic acids is 3. The van der Waals surface area contributed by atoms with Crippen LogP contribution in [0.4, 0.5) is 0 Å². The van der Waals surface area contributed by atoms with Gasteiger partial charge in [-0.05, 0) is 47.7 Å². The molecule has 3 amide bonds. The van der Waals surface area contributed by atoms with Crippen LogP contribution in [0.1, 0.15) is 64.7 Å². The zero-order valence-corrected chi connectivity index (χ0v) is 22.7. The van der Waals surface area contributed by atoms with E-state index in [-0.39, 0.29) is 30.5 Å². The molecular formula is C31H32ClN3O5. The minimum absolute atomic E-state index is 0.188. The van der Waals surface area contributed by atoms with Gasteiger partial charge in [0.15, 0.2) is 0 Å². The molecule has 3 aromatic rings. The van der Waals surface area contributed by atoms with Crippen LogP contribution in [0, 0.1) is 0 Å². The standard InChI is InChI=1S/C31H32ClN3O5/c32-22-16-14-21(15-17-22)29-28(30(38)34-40-19-20-8-2-1-3-9-20)23-10-4-5-11-24(23)31(39)35(29)26-13-7-6-12-25(26)33-27(37)18-36/h1-5,8-11,14-17,25-26,28-29,36H,6-7,12-13,18-19H2,(H,33,37)(H,34,38)/t25-,26-,28+,29-/m0/s1. The highest BCUT2D eigenvalue weighted by Crippen LogP contribution is 2.46. The minimum atomic E-state index is -0.790. The first-order chi connectivity index (χ1) is 19.5. The molecule has 3 N–H and O–H groups in total. The molecule has 208 valence electrons. The van der Waals surface area contributed by atoms with Gasteiger partial charge in [-0.25, -0.2) is 5.48 Å². The first kappa shape index (κ1) is 27.8. The van der Waals surface area contributed by atoms with Crippen molar-refractivity contribution in [1.82, 2.24) is 15.7 Å². The number of amides is 3. The summed E-state index contributed by atoms with van der Waals surface area (Å²) in [6.07, 6.45) is 3.06. The third-order valence-corrected chi connectivity index (χ3v) is 7.95. The third-order valence-electron chi connectivity index (χ3n) is 7.70. The molecule has 1 heterocycles. The van der Waals surface area contributed by atoms with Crippen molar-refractivity contribution in [3.05, 3.63) is 106 Å². The van der Waals surface area contributed by atoms with Crippen molar-refractivity contribution < 1.29 is 24.3 Å². The van der Waals surface area contributed by atoms with Gasteiger partial charge in [0.25, 0.3) is 11.8 Å². The van der Waals surface area contributed by atoms with Crippen LogP contribution >= 0.6 is 11.6 Å². The van der Waals surface area contributed by atoms with Gasteiger partial charge in [-0.2, -0.15) is 0 Å². The predicted octanol–water partition coefficient (Wildman–Crippen LogP) is 4.29. The minimum Gasteiger partial charge on any atom is -0.387 e. The van der Waals surface area contributed by atoms with Gasteiger partial charge < -0.3 is 15.3 Å². The van der Waals surface area contributed by atoms with Crippen molar-refractivity contribution in [3.8, 4) is 0 Å². The van der Waals surface area contributed by atoms with Crippen molar-refractivity contribution in [2.45, 2.75) is 56.3 Å². The number of halogens is 1. The Balaban J connectivity index is 1.55. The number of hydrogen-bond acceptors (Lipinski definition) is 5. The van der Waals surface area contributed by atoms with E-state index in [1.807, 2.05) is 48.5 Å². The van der Waals surface area contributed by atoms with Crippen LogP contribution in [-0.2, 0) is 21.0 Å². The number of nitrogens with one attached hydrogen (secondary N) is 2. The van der Waals surface area contributed by atoms with Crippen molar-refractivity contribution in [1.29, 1.82) is 0 Å². The topological polar surface area (TPSA) is 108 Å². The van der Waals surface area contributed by atoms with Crippen LogP contribution in [0.25, 0.3) is 0 Å². The summed E-state index contributed by atoms with van der Waals surface area (Å²) in [7, 11) is 0. The number of aliphatic hydroxyl groups excluding tert-OH is 1. The number of fused-ring (bicyclic) bond motifs is 1. The van der Waals surface area contributed by atoms with Gasteiger partial charge in [-0.1, -0.05) is 85.1 Å². The zero-order chi connectivity index (χ0) is 28.1. The summed E-state index contributed by atoms with van der Waals surface area (Å²) in [5, 5.41) is 12.9. The van der Waals surface area contributed by atoms with Crippen LogP contribution in [0.15, 0.2) is 78.9 Å². The molecule has 1 aliphatic carbocycles. The van der Waals surface area contributed by atoms with E-state index < -0.39 is 24.5 Å². The highest BCUT2D eigenvalue weighted by molar-refractivity contribution is 6.30. The van der Waals surface area contributed by atoms with E-state index in [9.17, 15) is 19.5 Å². The molecule has 0 aromatic heterocycles. The average molecular weight is 562 g/mol. The second-order valence-electron chi connectivity index (χ2n) is 10.2. The van der Waals surface area contributed by atoms with Gasteiger partial charge in [0.1, 0.15) is 6.61 Å². The largest absolute Gasteiger partial charge is 0.387 e. The highest BCUT2D eigenvalue weighted by Gasteiger charge is 2.48. The fraction of sp³-hybridized carbons (Fsp3) is 0.323. The van der Waals surface area contributed by atoms with Crippen LogP contribution in [-0.4, -0.2) is 46.4 Å². The monoisotopic (exact) mass is 561 g/mol. The van der Waals surface area contributed by atoms with Gasteiger partial charge in [0.2, 0.25) is 5.91 Å². The highest BCUT2D eigenvalue weighted by atomic mass is 35.5. The van der Waals surface area contributed by atoms with Crippen molar-refractivity contribution in [3.63, 3.8) is 0 Å². The molecule has 0 spiro atoms. The van der Waals surface area contributed by atoms with E-state index in [0.717, 1.165) is 24.0 Å². The number of aliphatic hydroxyl groups is 1. The molecule has 1 saturated carbocycles. The maximum atomic E-state index is 14.2. The summed E-state index contributed by atoms with van der Waals surface area (Å²) in [5.74, 6) is -1.87. The van der Waals surface area contributed by atoms with E-state index in [4.69, 9.17) is 16.4 Å². The number of hydroxylamine groups is 1. The first-order valence-electron chi connectivity index (χ1n) is 13.5. The van der Waals surface area contributed by atoms with E-state index in [1.54, 1.807) is 35.2 Å². The lowest BCUT2D eigenvalue weighted by atomic mass is 9.76. The second-order valence-corrected chi connectivity index (χ2v) is 10.6. The average Bonchev–Trinajstić information content (AvgIpc) is 2.98. The number of hydrogen-bond donors (Lipinski definition) is 3. The summed E-state index contributed by atoms with van der Waals surface area (Å²) < 4.78 is 0. The van der Waals surface area contributed by atoms with Crippen LogP contribution in [0.2, 0.25) is 5.02 Å². The fourth-order valence-corrected chi connectivity index (χ4v) is 6.03. The predicted molar refractivity (Wildman–Crippen MR) is 150 cm³/mol. The smallest absolute Gasteiger partial charge is 0.255 e. The Hall–Kier alpha value is -3.72. The molecule has 5 rings (SSSR count). The van der Waals surface area contributed by atoms with Gasteiger partial charge in [-0.3, -0.25) is 19.2 Å². The van der Waals surface area contributed by atoms with Gasteiger partial charge in [0.05, 0.1) is 24.6 Å².